The summed E-state index contributed by atoms with van der Waals surface area (Å²) >= 11 is 6.47. The molecule has 0 radical (unpaired) electrons. The Hall–Kier alpha value is -1.80. The van der Waals surface area contributed by atoms with Crippen LogP contribution in [0.15, 0.2) is 48.5 Å². The van der Waals surface area contributed by atoms with Crippen LogP contribution in [0.4, 0.5) is 0 Å². The molecule has 0 bridgehead atoms. The number of halogens is 1. The van der Waals surface area contributed by atoms with E-state index in [0.717, 1.165) is 28.5 Å². The van der Waals surface area contributed by atoms with Crippen molar-refractivity contribution in [3.05, 3.63) is 53.6 Å². The van der Waals surface area contributed by atoms with E-state index in [2.05, 4.69) is 41.8 Å². The van der Waals surface area contributed by atoms with Crippen LogP contribution in [0.2, 0.25) is 5.02 Å². The predicted octanol–water partition coefficient (Wildman–Crippen LogP) is 8.28. The molecular formula is C25H33ClN2. The number of fused-ring (bicyclic) bond motifs is 1. The second kappa shape index (κ2) is 11.3. The Bertz CT molecular complexity index is 853. The van der Waals surface area contributed by atoms with E-state index < -0.39 is 0 Å². The van der Waals surface area contributed by atoms with Crippen LogP contribution in [-0.4, -0.2) is 9.55 Å². The minimum Gasteiger partial charge on any atom is -0.324 e. The normalized spacial score (nSPS) is 11.4. The Morgan fingerprint density at radius 3 is 2.07 bits per heavy atom. The van der Waals surface area contributed by atoms with Crippen LogP contribution >= 0.6 is 11.6 Å². The van der Waals surface area contributed by atoms with E-state index in [1.165, 1.54) is 69.7 Å². The van der Waals surface area contributed by atoms with E-state index in [1.54, 1.807) is 0 Å². The van der Waals surface area contributed by atoms with Crippen LogP contribution in [0, 0.1) is 0 Å². The zero-order valence-electron chi connectivity index (χ0n) is 17.2. The average Bonchev–Trinajstić information content (AvgIpc) is 3.08. The highest BCUT2D eigenvalue weighted by Crippen LogP contribution is 2.30. The van der Waals surface area contributed by atoms with Gasteiger partial charge in [0.15, 0.2) is 0 Å². The highest BCUT2D eigenvalue weighted by atomic mass is 35.5. The van der Waals surface area contributed by atoms with E-state index in [-0.39, 0.29) is 0 Å². The molecule has 0 atom stereocenters. The number of aromatic nitrogens is 2. The smallest absolute Gasteiger partial charge is 0.142 e. The lowest BCUT2D eigenvalue weighted by molar-refractivity contribution is 0.539. The van der Waals surface area contributed by atoms with Gasteiger partial charge in [0.25, 0.3) is 0 Å². The van der Waals surface area contributed by atoms with E-state index >= 15 is 0 Å². The van der Waals surface area contributed by atoms with Crippen LogP contribution < -0.4 is 0 Å². The van der Waals surface area contributed by atoms with Gasteiger partial charge in [0, 0.05) is 12.1 Å². The Morgan fingerprint density at radius 2 is 1.36 bits per heavy atom. The molecule has 3 aromatic rings. The number of para-hydroxylation sites is 2. The molecule has 0 unspecified atom stereocenters. The fourth-order valence-corrected chi connectivity index (χ4v) is 4.13. The third-order valence-electron chi connectivity index (χ3n) is 5.50. The van der Waals surface area contributed by atoms with Crippen molar-refractivity contribution >= 4 is 22.6 Å². The quantitative estimate of drug-likeness (QED) is 0.281. The van der Waals surface area contributed by atoms with Crippen molar-refractivity contribution in [3.8, 4) is 11.4 Å². The third-order valence-corrected chi connectivity index (χ3v) is 5.83. The summed E-state index contributed by atoms with van der Waals surface area (Å²) < 4.78 is 2.35. The molecule has 150 valence electrons. The number of unbranched alkanes of at least 4 members (excludes halogenated alkanes) is 9. The summed E-state index contributed by atoms with van der Waals surface area (Å²) in [6.07, 6.45) is 13.5. The Labute approximate surface area is 174 Å². The van der Waals surface area contributed by atoms with Crippen molar-refractivity contribution in [2.75, 3.05) is 0 Å². The summed E-state index contributed by atoms with van der Waals surface area (Å²) in [5.74, 6) is 0.989. The number of imidazole rings is 1. The van der Waals surface area contributed by atoms with Gasteiger partial charge in [-0.15, -0.1) is 0 Å². The molecule has 28 heavy (non-hydrogen) atoms. The molecule has 3 rings (SSSR count). The maximum Gasteiger partial charge on any atom is 0.142 e. The summed E-state index contributed by atoms with van der Waals surface area (Å²) in [6.45, 7) is 3.28. The molecule has 0 spiro atoms. The second-order valence-electron chi connectivity index (χ2n) is 7.74. The fourth-order valence-electron chi connectivity index (χ4n) is 3.91. The summed E-state index contributed by atoms with van der Waals surface area (Å²) in [7, 11) is 0. The molecule has 2 nitrogen and oxygen atoms in total. The molecule has 0 N–H and O–H groups in total. The summed E-state index contributed by atoms with van der Waals surface area (Å²) in [5.41, 5.74) is 3.27. The van der Waals surface area contributed by atoms with E-state index in [0.29, 0.717) is 0 Å². The number of nitrogens with zero attached hydrogens (tertiary/aromatic N) is 2. The van der Waals surface area contributed by atoms with Gasteiger partial charge in [-0.3, -0.25) is 0 Å². The molecule has 0 fully saturated rings. The van der Waals surface area contributed by atoms with Crippen LogP contribution in [0.25, 0.3) is 22.4 Å². The zero-order valence-corrected chi connectivity index (χ0v) is 17.9. The zero-order chi connectivity index (χ0) is 19.6. The topological polar surface area (TPSA) is 17.8 Å². The maximum atomic E-state index is 6.47. The summed E-state index contributed by atoms with van der Waals surface area (Å²) in [6, 6.07) is 16.4. The van der Waals surface area contributed by atoms with Gasteiger partial charge >= 0.3 is 0 Å². The standard InChI is InChI=1S/C25H33ClN2/c1-2-3-4-5-6-7-8-9-10-15-20-28-24-19-14-13-18-23(24)27-25(28)21-16-11-12-17-22(21)26/h11-14,16-19H,2-10,15,20H2,1H3. The minimum atomic E-state index is 0.766. The van der Waals surface area contributed by atoms with Crippen LogP contribution in [0.5, 0.6) is 0 Å². The van der Waals surface area contributed by atoms with Crippen LogP contribution in [0.3, 0.4) is 0 Å². The van der Waals surface area contributed by atoms with Gasteiger partial charge in [0.2, 0.25) is 0 Å². The summed E-state index contributed by atoms with van der Waals surface area (Å²) in [5, 5.41) is 0.766. The molecule has 1 heterocycles. The van der Waals surface area contributed by atoms with Crippen molar-refractivity contribution in [1.82, 2.24) is 9.55 Å². The lowest BCUT2D eigenvalue weighted by Crippen LogP contribution is -2.01. The number of rotatable bonds is 12. The molecule has 0 aliphatic heterocycles. The third kappa shape index (κ3) is 5.61. The van der Waals surface area contributed by atoms with E-state index in [9.17, 15) is 0 Å². The van der Waals surface area contributed by atoms with Crippen LogP contribution in [-0.2, 0) is 6.54 Å². The van der Waals surface area contributed by atoms with E-state index in [1.807, 2.05) is 18.2 Å². The minimum absolute atomic E-state index is 0.766. The Morgan fingerprint density at radius 1 is 0.750 bits per heavy atom. The van der Waals surface area contributed by atoms with Crippen molar-refractivity contribution in [3.63, 3.8) is 0 Å². The first-order chi connectivity index (χ1) is 13.8. The van der Waals surface area contributed by atoms with Gasteiger partial charge in [-0.1, -0.05) is 101 Å². The van der Waals surface area contributed by atoms with Gasteiger partial charge < -0.3 is 4.57 Å². The molecule has 2 aromatic carbocycles. The Kier molecular flexibility index (Phi) is 8.42. The average molecular weight is 397 g/mol. The lowest BCUT2D eigenvalue weighted by atomic mass is 10.1. The largest absolute Gasteiger partial charge is 0.324 e. The molecule has 1 aromatic heterocycles. The van der Waals surface area contributed by atoms with Gasteiger partial charge in [-0.05, 0) is 30.7 Å². The van der Waals surface area contributed by atoms with Crippen molar-refractivity contribution in [1.29, 1.82) is 0 Å². The van der Waals surface area contributed by atoms with Crippen molar-refractivity contribution < 1.29 is 0 Å². The first-order valence-corrected chi connectivity index (χ1v) is 11.4. The molecule has 0 amide bonds. The fraction of sp³-hybridized carbons (Fsp3) is 0.480. The lowest BCUT2D eigenvalue weighted by Gasteiger charge is -2.10. The highest BCUT2D eigenvalue weighted by molar-refractivity contribution is 6.33. The predicted molar refractivity (Wildman–Crippen MR) is 122 cm³/mol. The first kappa shape index (κ1) is 20.9. The molecule has 0 aliphatic rings. The van der Waals surface area contributed by atoms with Gasteiger partial charge in [0.1, 0.15) is 5.82 Å². The SMILES string of the molecule is CCCCCCCCCCCCn1c(-c2ccccc2Cl)nc2ccccc21. The Balaban J connectivity index is 1.56. The molecule has 0 saturated heterocycles. The number of hydrogen-bond acceptors (Lipinski definition) is 1. The van der Waals surface area contributed by atoms with Gasteiger partial charge in [0.05, 0.1) is 16.1 Å². The van der Waals surface area contributed by atoms with Gasteiger partial charge in [-0.2, -0.15) is 0 Å². The molecule has 3 heteroatoms. The highest BCUT2D eigenvalue weighted by Gasteiger charge is 2.14. The van der Waals surface area contributed by atoms with Crippen molar-refractivity contribution in [2.24, 2.45) is 0 Å². The monoisotopic (exact) mass is 396 g/mol. The van der Waals surface area contributed by atoms with Crippen LogP contribution in [0.1, 0.15) is 71.1 Å². The van der Waals surface area contributed by atoms with Gasteiger partial charge in [-0.25, -0.2) is 4.98 Å². The van der Waals surface area contributed by atoms with Crippen molar-refractivity contribution in [2.45, 2.75) is 77.7 Å². The molecular weight excluding hydrogens is 364 g/mol. The first-order valence-electron chi connectivity index (χ1n) is 11.0. The molecule has 0 saturated carbocycles. The number of aryl methyl sites for hydroxylation is 1. The maximum absolute atomic E-state index is 6.47. The summed E-state index contributed by atoms with van der Waals surface area (Å²) in [4.78, 5) is 4.89. The van der Waals surface area contributed by atoms with E-state index in [4.69, 9.17) is 16.6 Å². The second-order valence-corrected chi connectivity index (χ2v) is 8.14. The number of hydrogen-bond donors (Lipinski definition) is 0. The number of benzene rings is 2. The molecule has 0 aliphatic carbocycles.